The van der Waals surface area contributed by atoms with Gasteiger partial charge in [-0.15, -0.1) is 11.3 Å². The van der Waals surface area contributed by atoms with Gasteiger partial charge in [-0.1, -0.05) is 6.07 Å². The molecule has 0 saturated carbocycles. The lowest BCUT2D eigenvalue weighted by Crippen LogP contribution is -2.17. The van der Waals surface area contributed by atoms with Crippen LogP contribution in [-0.4, -0.2) is 17.0 Å². The molecule has 2 nitrogen and oxygen atoms in total. The van der Waals surface area contributed by atoms with Crippen molar-refractivity contribution in [2.75, 3.05) is 0 Å². The zero-order valence-corrected chi connectivity index (χ0v) is 7.10. The van der Waals surface area contributed by atoms with Crippen LogP contribution in [0.1, 0.15) is 11.8 Å². The maximum Gasteiger partial charge on any atom is 0.166 e. The van der Waals surface area contributed by atoms with E-state index in [0.717, 1.165) is 4.88 Å². The second-order valence-corrected chi connectivity index (χ2v) is 3.43. The van der Waals surface area contributed by atoms with Gasteiger partial charge >= 0.3 is 0 Å². The molecule has 0 aliphatic carbocycles. The molecule has 1 atom stereocenters. The number of carbonyl (C=O) groups excluding carboxylic acids is 1. The predicted octanol–water partition coefficient (Wildman–Crippen LogP) is 1.24. The monoisotopic (exact) mass is 170 g/mol. The molecule has 1 aromatic heterocycles. The minimum Gasteiger partial charge on any atom is -0.386 e. The van der Waals surface area contributed by atoms with Gasteiger partial charge < -0.3 is 5.11 Å². The summed E-state index contributed by atoms with van der Waals surface area (Å²) >= 11 is 1.54. The van der Waals surface area contributed by atoms with Crippen molar-refractivity contribution in [3.63, 3.8) is 0 Å². The van der Waals surface area contributed by atoms with E-state index in [1.54, 1.807) is 0 Å². The zero-order valence-electron chi connectivity index (χ0n) is 6.28. The topological polar surface area (TPSA) is 37.3 Å². The molecule has 0 fully saturated rings. The van der Waals surface area contributed by atoms with Gasteiger partial charge in [-0.2, -0.15) is 0 Å². The van der Waals surface area contributed by atoms with Crippen molar-refractivity contribution in [3.05, 3.63) is 22.4 Å². The third kappa shape index (κ3) is 2.44. The number of rotatable bonds is 3. The molecule has 1 aromatic rings. The van der Waals surface area contributed by atoms with Crippen LogP contribution in [0.4, 0.5) is 0 Å². The smallest absolute Gasteiger partial charge is 0.166 e. The van der Waals surface area contributed by atoms with Gasteiger partial charge in [0, 0.05) is 11.3 Å². The summed E-state index contributed by atoms with van der Waals surface area (Å²) in [5.74, 6) is -0.118. The molecule has 1 unspecified atom stereocenters. The lowest BCUT2D eigenvalue weighted by atomic mass is 10.2. The molecule has 3 heteroatoms. The van der Waals surface area contributed by atoms with Crippen LogP contribution in [0.15, 0.2) is 17.5 Å². The first-order chi connectivity index (χ1) is 5.20. The summed E-state index contributed by atoms with van der Waals surface area (Å²) in [7, 11) is 0. The van der Waals surface area contributed by atoms with Crippen LogP contribution in [0.5, 0.6) is 0 Å². The Hall–Kier alpha value is -0.670. The highest BCUT2D eigenvalue weighted by molar-refractivity contribution is 7.10. The zero-order chi connectivity index (χ0) is 8.27. The summed E-state index contributed by atoms with van der Waals surface area (Å²) in [6, 6.07) is 3.79. The second kappa shape index (κ2) is 3.64. The van der Waals surface area contributed by atoms with Crippen molar-refractivity contribution in [2.45, 2.75) is 19.4 Å². The molecule has 0 spiro atoms. The highest BCUT2D eigenvalue weighted by Gasteiger charge is 2.09. The van der Waals surface area contributed by atoms with Crippen LogP contribution < -0.4 is 0 Å². The minimum absolute atomic E-state index is 0.118. The third-order valence-electron chi connectivity index (χ3n) is 1.39. The Morgan fingerprint density at radius 2 is 2.55 bits per heavy atom. The fraction of sp³-hybridized carbons (Fsp3) is 0.375. The van der Waals surface area contributed by atoms with E-state index >= 15 is 0 Å². The van der Waals surface area contributed by atoms with Crippen LogP contribution in [0.3, 0.4) is 0 Å². The van der Waals surface area contributed by atoms with E-state index in [9.17, 15) is 4.79 Å². The van der Waals surface area contributed by atoms with Gasteiger partial charge in [0.1, 0.15) is 6.10 Å². The number of aliphatic hydroxyl groups excluding tert-OH is 1. The molecule has 0 radical (unpaired) electrons. The maximum atomic E-state index is 11.0. The number of aliphatic hydroxyl groups is 1. The van der Waals surface area contributed by atoms with E-state index in [-0.39, 0.29) is 5.78 Å². The molecular formula is C8H10O2S. The Kier molecular flexibility index (Phi) is 2.79. The SMILES string of the molecule is CC(O)C(=O)Cc1cccs1. The van der Waals surface area contributed by atoms with Crippen LogP contribution in [0.25, 0.3) is 0 Å². The molecule has 0 saturated heterocycles. The average molecular weight is 170 g/mol. The summed E-state index contributed by atoms with van der Waals surface area (Å²) in [4.78, 5) is 12.0. The Labute approximate surface area is 69.5 Å². The van der Waals surface area contributed by atoms with Crippen LogP contribution in [0.2, 0.25) is 0 Å². The van der Waals surface area contributed by atoms with Crippen molar-refractivity contribution in [1.29, 1.82) is 0 Å². The van der Waals surface area contributed by atoms with Crippen molar-refractivity contribution >= 4 is 17.1 Å². The van der Waals surface area contributed by atoms with Crippen LogP contribution >= 0.6 is 11.3 Å². The van der Waals surface area contributed by atoms with Crippen molar-refractivity contribution < 1.29 is 9.90 Å². The van der Waals surface area contributed by atoms with E-state index in [2.05, 4.69) is 0 Å². The van der Waals surface area contributed by atoms with E-state index in [4.69, 9.17) is 5.11 Å². The highest BCUT2D eigenvalue weighted by Crippen LogP contribution is 2.09. The lowest BCUT2D eigenvalue weighted by Gasteiger charge is -1.99. The molecule has 1 heterocycles. The predicted molar refractivity (Wildman–Crippen MR) is 44.7 cm³/mol. The number of hydrogen-bond donors (Lipinski definition) is 1. The molecule has 0 amide bonds. The standard InChI is InChI=1S/C8H10O2S/c1-6(9)8(10)5-7-3-2-4-11-7/h2-4,6,9H,5H2,1H3. The first-order valence-electron chi connectivity index (χ1n) is 3.43. The normalized spacial score (nSPS) is 12.9. The molecule has 1 rings (SSSR count). The van der Waals surface area contributed by atoms with Gasteiger partial charge in [0.25, 0.3) is 0 Å². The van der Waals surface area contributed by atoms with Crippen LogP contribution in [0, 0.1) is 0 Å². The fourth-order valence-corrected chi connectivity index (χ4v) is 1.45. The number of thiophene rings is 1. The summed E-state index contributed by atoms with van der Waals surface area (Å²) in [5.41, 5.74) is 0. The second-order valence-electron chi connectivity index (χ2n) is 2.40. The van der Waals surface area contributed by atoms with E-state index < -0.39 is 6.10 Å². The molecule has 0 aliphatic rings. The van der Waals surface area contributed by atoms with Gasteiger partial charge in [0.2, 0.25) is 0 Å². The van der Waals surface area contributed by atoms with Crippen molar-refractivity contribution in [3.8, 4) is 0 Å². The Bertz CT molecular complexity index is 226. The van der Waals surface area contributed by atoms with E-state index in [1.165, 1.54) is 18.3 Å². The molecule has 0 aliphatic heterocycles. The Morgan fingerprint density at radius 3 is 3.00 bits per heavy atom. The summed E-state index contributed by atoms with van der Waals surface area (Å²) < 4.78 is 0. The highest BCUT2D eigenvalue weighted by atomic mass is 32.1. The fourth-order valence-electron chi connectivity index (χ4n) is 0.733. The van der Waals surface area contributed by atoms with Gasteiger partial charge in [-0.3, -0.25) is 4.79 Å². The van der Waals surface area contributed by atoms with Crippen LogP contribution in [-0.2, 0) is 11.2 Å². The Balaban J connectivity index is 2.50. The largest absolute Gasteiger partial charge is 0.386 e. The average Bonchev–Trinajstić information content (AvgIpc) is 2.39. The molecule has 60 valence electrons. The van der Waals surface area contributed by atoms with Crippen molar-refractivity contribution in [1.82, 2.24) is 0 Å². The minimum atomic E-state index is -0.836. The number of carbonyl (C=O) groups is 1. The molecule has 1 N–H and O–H groups in total. The first-order valence-corrected chi connectivity index (χ1v) is 4.31. The lowest BCUT2D eigenvalue weighted by molar-refractivity contribution is -0.125. The number of ketones is 1. The van der Waals surface area contributed by atoms with Gasteiger partial charge in [-0.25, -0.2) is 0 Å². The quantitative estimate of drug-likeness (QED) is 0.741. The van der Waals surface area contributed by atoms with E-state index in [1.807, 2.05) is 17.5 Å². The van der Waals surface area contributed by atoms with E-state index in [0.29, 0.717) is 6.42 Å². The summed E-state index contributed by atoms with van der Waals surface area (Å²) in [6.07, 6.45) is -0.480. The molecule has 0 bridgehead atoms. The third-order valence-corrected chi connectivity index (χ3v) is 2.27. The molecular weight excluding hydrogens is 160 g/mol. The summed E-state index contributed by atoms with van der Waals surface area (Å²) in [6.45, 7) is 1.50. The molecule has 0 aromatic carbocycles. The number of hydrogen-bond acceptors (Lipinski definition) is 3. The van der Waals surface area contributed by atoms with Gasteiger partial charge in [0.05, 0.1) is 0 Å². The molecule has 11 heavy (non-hydrogen) atoms. The summed E-state index contributed by atoms with van der Waals surface area (Å²) in [5, 5.41) is 10.8. The van der Waals surface area contributed by atoms with Gasteiger partial charge in [0.15, 0.2) is 5.78 Å². The Morgan fingerprint density at radius 1 is 1.82 bits per heavy atom. The van der Waals surface area contributed by atoms with Gasteiger partial charge in [-0.05, 0) is 18.4 Å². The van der Waals surface area contributed by atoms with Crippen molar-refractivity contribution in [2.24, 2.45) is 0 Å². The first kappa shape index (κ1) is 8.43. The number of Topliss-reactive ketones (excluding diaryl/α,β-unsaturated/α-hetero) is 1. The maximum absolute atomic E-state index is 11.0.